The molecule has 2 aliphatic heterocycles. The Hall–Kier alpha value is -1.39. The van der Waals surface area contributed by atoms with Gasteiger partial charge in [0.1, 0.15) is 5.69 Å². The number of carbonyl (C=O) groups excluding carboxylic acids is 1. The highest BCUT2D eigenvalue weighted by Crippen LogP contribution is 2.38. The zero-order chi connectivity index (χ0) is 20.1. The Balaban J connectivity index is 1.70. The summed E-state index contributed by atoms with van der Waals surface area (Å²) < 4.78 is 50.7. The summed E-state index contributed by atoms with van der Waals surface area (Å²) in [5, 5.41) is -0.0706. The van der Waals surface area contributed by atoms with E-state index in [0.717, 1.165) is 17.8 Å². The van der Waals surface area contributed by atoms with E-state index in [1.807, 2.05) is 0 Å². The van der Waals surface area contributed by atoms with Crippen LogP contribution in [0.2, 0.25) is 10.0 Å². The molecule has 4 rings (SSSR count). The number of rotatable bonds is 3. The fourth-order valence-corrected chi connectivity index (χ4v) is 4.30. The van der Waals surface area contributed by atoms with Gasteiger partial charge >= 0.3 is 6.18 Å². The largest absolute Gasteiger partial charge is 0.433 e. The van der Waals surface area contributed by atoms with Crippen molar-refractivity contribution >= 4 is 40.7 Å². The van der Waals surface area contributed by atoms with Crippen molar-refractivity contribution in [2.75, 3.05) is 6.61 Å². The number of Topliss-reactive ketones (excluding diaryl/α,β-unsaturated/α-hetero) is 1. The van der Waals surface area contributed by atoms with Gasteiger partial charge in [-0.25, -0.2) is 9.97 Å². The van der Waals surface area contributed by atoms with Gasteiger partial charge in [-0.2, -0.15) is 13.2 Å². The first-order valence-corrected chi connectivity index (χ1v) is 9.72. The number of nitrogens with zero attached hydrogens (tertiary/aromatic N) is 2. The van der Waals surface area contributed by atoms with E-state index in [-0.39, 0.29) is 39.7 Å². The third kappa shape index (κ3) is 3.99. The first-order valence-electron chi connectivity index (χ1n) is 8.09. The highest BCUT2D eigenvalue weighted by Gasteiger charge is 2.44. The molecule has 0 spiro atoms. The Labute approximate surface area is 171 Å². The zero-order valence-electron chi connectivity index (χ0n) is 13.9. The number of halogens is 5. The maximum absolute atomic E-state index is 13.4. The van der Waals surface area contributed by atoms with Gasteiger partial charge in [0, 0.05) is 17.2 Å². The number of thioether (sulfide) groups is 1. The summed E-state index contributed by atoms with van der Waals surface area (Å²) in [5.41, 5.74) is -0.675. The molecule has 2 bridgehead atoms. The number of hydrogen-bond donors (Lipinski definition) is 0. The normalized spacial score (nSPS) is 24.6. The average molecular weight is 451 g/mol. The lowest BCUT2D eigenvalue weighted by atomic mass is 10.1. The fraction of sp³-hybridized carbons (Fsp3) is 0.353. The Morgan fingerprint density at radius 3 is 2.64 bits per heavy atom. The van der Waals surface area contributed by atoms with E-state index in [1.165, 1.54) is 18.2 Å². The molecule has 0 radical (unpaired) electrons. The monoisotopic (exact) mass is 450 g/mol. The second-order valence-electron chi connectivity index (χ2n) is 6.21. The quantitative estimate of drug-likeness (QED) is 0.634. The van der Waals surface area contributed by atoms with Crippen LogP contribution < -0.4 is 0 Å². The van der Waals surface area contributed by atoms with E-state index in [9.17, 15) is 18.0 Å². The van der Waals surface area contributed by atoms with Crippen molar-refractivity contribution in [3.8, 4) is 11.3 Å². The minimum Gasteiger partial charge on any atom is -0.343 e. The summed E-state index contributed by atoms with van der Waals surface area (Å²) in [7, 11) is 0. The topological polar surface area (TPSA) is 61.3 Å². The van der Waals surface area contributed by atoms with Crippen LogP contribution in [0.15, 0.2) is 29.4 Å². The molecule has 3 heterocycles. The Bertz CT molecular complexity index is 944. The third-order valence-electron chi connectivity index (χ3n) is 4.26. The smallest absolute Gasteiger partial charge is 0.343 e. The highest BCUT2D eigenvalue weighted by molar-refractivity contribution is 7.99. The number of aromatic nitrogens is 2. The maximum Gasteiger partial charge on any atom is 0.433 e. The van der Waals surface area contributed by atoms with Crippen molar-refractivity contribution in [3.05, 3.63) is 40.0 Å². The van der Waals surface area contributed by atoms with E-state index in [1.54, 1.807) is 0 Å². The number of alkyl halides is 3. The van der Waals surface area contributed by atoms with Crippen LogP contribution in [-0.4, -0.2) is 40.0 Å². The number of hydrogen-bond acceptors (Lipinski definition) is 6. The van der Waals surface area contributed by atoms with Crippen LogP contribution in [0, 0.1) is 0 Å². The van der Waals surface area contributed by atoms with Gasteiger partial charge in [0.2, 0.25) is 6.29 Å². The molecule has 2 fully saturated rings. The molecule has 0 saturated carbocycles. The summed E-state index contributed by atoms with van der Waals surface area (Å²) >= 11 is 12.8. The van der Waals surface area contributed by atoms with Gasteiger partial charge < -0.3 is 9.47 Å². The SMILES string of the molecule is O=C1C[C@@H](Sc2nc(-c3ccc(Cl)c(Cl)c3)cc(C(F)(F)F)n2)[C@@H]2CO[C@@H]1O2. The van der Waals surface area contributed by atoms with Crippen LogP contribution in [-0.2, 0) is 20.4 Å². The van der Waals surface area contributed by atoms with Crippen LogP contribution in [0.1, 0.15) is 12.1 Å². The van der Waals surface area contributed by atoms with Gasteiger partial charge in [-0.05, 0) is 18.2 Å². The molecular formula is C17H11Cl2F3N2O3S. The van der Waals surface area contributed by atoms with E-state index in [2.05, 4.69) is 9.97 Å². The van der Waals surface area contributed by atoms with Crippen molar-refractivity contribution in [2.24, 2.45) is 0 Å². The summed E-state index contributed by atoms with van der Waals surface area (Å²) in [6.45, 7) is 0.201. The van der Waals surface area contributed by atoms with E-state index < -0.39 is 29.5 Å². The molecule has 5 nitrogen and oxygen atoms in total. The van der Waals surface area contributed by atoms with Crippen LogP contribution in [0.4, 0.5) is 13.2 Å². The minimum absolute atomic E-state index is 0.0481. The Morgan fingerprint density at radius 1 is 1.14 bits per heavy atom. The second kappa shape index (κ2) is 7.46. The molecule has 0 aliphatic carbocycles. The molecule has 2 saturated heterocycles. The molecule has 1 aromatic heterocycles. The number of carbonyl (C=O) groups is 1. The molecule has 2 aliphatic rings. The van der Waals surface area contributed by atoms with Gasteiger partial charge in [0.05, 0.1) is 28.5 Å². The van der Waals surface area contributed by atoms with Gasteiger partial charge in [-0.1, -0.05) is 41.0 Å². The van der Waals surface area contributed by atoms with Crippen molar-refractivity contribution in [1.82, 2.24) is 9.97 Å². The van der Waals surface area contributed by atoms with Crippen molar-refractivity contribution in [2.45, 2.75) is 35.4 Å². The van der Waals surface area contributed by atoms with Crippen molar-refractivity contribution in [1.29, 1.82) is 0 Å². The van der Waals surface area contributed by atoms with Gasteiger partial charge in [0.25, 0.3) is 0 Å². The molecule has 11 heteroatoms. The Morgan fingerprint density at radius 2 is 1.93 bits per heavy atom. The van der Waals surface area contributed by atoms with Gasteiger partial charge in [-0.15, -0.1) is 0 Å². The highest BCUT2D eigenvalue weighted by atomic mass is 35.5. The summed E-state index contributed by atoms with van der Waals surface area (Å²) in [6, 6.07) is 5.28. The van der Waals surface area contributed by atoms with E-state index in [0.29, 0.717) is 5.56 Å². The summed E-state index contributed by atoms with van der Waals surface area (Å²) in [5.74, 6) is -0.247. The number of ether oxygens (including phenoxy) is 2. The number of ketones is 1. The Kier molecular flexibility index (Phi) is 5.30. The van der Waals surface area contributed by atoms with Crippen LogP contribution in [0.3, 0.4) is 0 Å². The minimum atomic E-state index is -4.66. The molecule has 0 unspecified atom stereocenters. The fourth-order valence-electron chi connectivity index (χ4n) is 2.89. The van der Waals surface area contributed by atoms with Crippen molar-refractivity contribution in [3.63, 3.8) is 0 Å². The maximum atomic E-state index is 13.4. The van der Waals surface area contributed by atoms with Crippen LogP contribution >= 0.6 is 35.0 Å². The van der Waals surface area contributed by atoms with E-state index >= 15 is 0 Å². The second-order valence-corrected chi connectivity index (χ2v) is 8.23. The summed E-state index contributed by atoms with van der Waals surface area (Å²) in [6.07, 6.45) is -5.83. The molecule has 0 N–H and O–H groups in total. The lowest BCUT2D eigenvalue weighted by molar-refractivity contribution is -0.151. The molecule has 1 aromatic carbocycles. The standard InChI is InChI=1S/C17H11Cl2F3N2O3S/c18-8-2-1-7(3-9(8)19)10-4-14(17(20,21)22)24-16(23-10)28-13-5-11(25)15-26-6-12(13)27-15/h1-4,12-13,15H,5-6H2/t12-,13+,15+/m0/s1. The molecular weight excluding hydrogens is 440 g/mol. The third-order valence-corrected chi connectivity index (χ3v) is 6.16. The molecule has 3 atom stereocenters. The van der Waals surface area contributed by atoms with E-state index in [4.69, 9.17) is 32.7 Å². The average Bonchev–Trinajstić information content (AvgIpc) is 3.07. The lowest BCUT2D eigenvalue weighted by Gasteiger charge is -2.25. The molecule has 28 heavy (non-hydrogen) atoms. The first kappa shape index (κ1) is 19.9. The molecule has 148 valence electrons. The van der Waals surface area contributed by atoms with Crippen molar-refractivity contribution < 1.29 is 27.4 Å². The number of benzene rings is 1. The lowest BCUT2D eigenvalue weighted by Crippen LogP contribution is -2.37. The van der Waals surface area contributed by atoms with Crippen LogP contribution in [0.25, 0.3) is 11.3 Å². The van der Waals surface area contributed by atoms with Crippen LogP contribution in [0.5, 0.6) is 0 Å². The predicted molar refractivity (Wildman–Crippen MR) is 96.4 cm³/mol. The molecule has 2 aromatic rings. The van der Waals surface area contributed by atoms with Gasteiger partial charge in [-0.3, -0.25) is 4.79 Å². The van der Waals surface area contributed by atoms with Gasteiger partial charge in [0.15, 0.2) is 10.9 Å². The first-order chi connectivity index (χ1) is 13.2. The zero-order valence-corrected chi connectivity index (χ0v) is 16.2. The molecule has 0 amide bonds. The predicted octanol–water partition coefficient (Wildman–Crippen LogP) is 4.64. The number of fused-ring (bicyclic) bond motifs is 2. The summed E-state index contributed by atoms with van der Waals surface area (Å²) in [4.78, 5) is 19.8.